The van der Waals surface area contributed by atoms with Crippen molar-refractivity contribution in [3.63, 3.8) is 0 Å². The van der Waals surface area contributed by atoms with Gasteiger partial charge in [-0.15, -0.1) is 0 Å². The SMILES string of the molecule is COc1ccc2c(c1)c(C(=O)C(=O)Nc1nc(-c3cccnc3)co1)c(C)n2Cc1ccc(Cl)cc1. The third-order valence-electron chi connectivity index (χ3n) is 5.90. The van der Waals surface area contributed by atoms with Gasteiger partial charge in [0.15, 0.2) is 0 Å². The van der Waals surface area contributed by atoms with Gasteiger partial charge in [0.1, 0.15) is 17.7 Å². The zero-order chi connectivity index (χ0) is 25.2. The fourth-order valence-corrected chi connectivity index (χ4v) is 4.22. The summed E-state index contributed by atoms with van der Waals surface area (Å²) in [5, 5.41) is 3.73. The van der Waals surface area contributed by atoms with Crippen LogP contribution < -0.4 is 10.1 Å². The molecule has 0 atom stereocenters. The second-order valence-corrected chi connectivity index (χ2v) is 8.56. The van der Waals surface area contributed by atoms with Gasteiger partial charge in [-0.2, -0.15) is 4.98 Å². The molecule has 0 aliphatic rings. The Bertz CT molecular complexity index is 1570. The second-order valence-electron chi connectivity index (χ2n) is 8.12. The van der Waals surface area contributed by atoms with Gasteiger partial charge in [-0.3, -0.25) is 19.9 Å². The number of anilines is 1. The lowest BCUT2D eigenvalue weighted by Crippen LogP contribution is -2.23. The van der Waals surface area contributed by atoms with Crippen molar-refractivity contribution in [2.45, 2.75) is 13.5 Å². The highest BCUT2D eigenvalue weighted by Crippen LogP contribution is 2.31. The predicted molar refractivity (Wildman–Crippen MR) is 136 cm³/mol. The first-order valence-corrected chi connectivity index (χ1v) is 11.5. The van der Waals surface area contributed by atoms with Gasteiger partial charge in [-0.25, -0.2) is 0 Å². The molecule has 180 valence electrons. The Kier molecular flexibility index (Phi) is 6.26. The molecule has 0 spiro atoms. The highest BCUT2D eigenvalue weighted by molar-refractivity contribution is 6.48. The first-order chi connectivity index (χ1) is 17.4. The van der Waals surface area contributed by atoms with Crippen LogP contribution in [0.2, 0.25) is 5.02 Å². The molecule has 3 heterocycles. The molecule has 0 unspecified atom stereocenters. The van der Waals surface area contributed by atoms with E-state index in [0.29, 0.717) is 34.1 Å². The first kappa shape index (κ1) is 23.3. The zero-order valence-electron chi connectivity index (χ0n) is 19.5. The average molecular weight is 501 g/mol. The van der Waals surface area contributed by atoms with E-state index in [-0.39, 0.29) is 11.6 Å². The number of pyridine rings is 1. The van der Waals surface area contributed by atoms with Gasteiger partial charge in [-0.05, 0) is 55.0 Å². The van der Waals surface area contributed by atoms with E-state index in [4.69, 9.17) is 20.8 Å². The van der Waals surface area contributed by atoms with E-state index in [0.717, 1.165) is 16.6 Å². The minimum atomic E-state index is -0.856. The number of amides is 1. The van der Waals surface area contributed by atoms with E-state index in [9.17, 15) is 9.59 Å². The molecule has 1 N–H and O–H groups in total. The molecule has 0 aliphatic heterocycles. The Morgan fingerprint density at radius 1 is 1.14 bits per heavy atom. The predicted octanol–water partition coefficient (Wildman–Crippen LogP) is 5.53. The first-order valence-electron chi connectivity index (χ1n) is 11.1. The molecule has 0 saturated carbocycles. The Morgan fingerprint density at radius 3 is 2.67 bits per heavy atom. The summed E-state index contributed by atoms with van der Waals surface area (Å²) in [6.45, 7) is 2.31. The molecule has 9 heteroatoms. The minimum Gasteiger partial charge on any atom is -0.497 e. The fourth-order valence-electron chi connectivity index (χ4n) is 4.10. The van der Waals surface area contributed by atoms with Crippen molar-refractivity contribution in [2.24, 2.45) is 0 Å². The topological polar surface area (TPSA) is 99.2 Å². The Balaban J connectivity index is 1.48. The number of aromatic nitrogens is 3. The average Bonchev–Trinajstić information content (AvgIpc) is 3.47. The maximum absolute atomic E-state index is 13.4. The maximum Gasteiger partial charge on any atom is 0.302 e. The number of hydrogen-bond acceptors (Lipinski definition) is 6. The van der Waals surface area contributed by atoms with E-state index in [1.807, 2.05) is 54.0 Å². The van der Waals surface area contributed by atoms with Gasteiger partial charge in [0, 0.05) is 46.1 Å². The number of halogens is 1. The minimum absolute atomic E-state index is 0.0765. The van der Waals surface area contributed by atoms with E-state index in [1.165, 1.54) is 6.26 Å². The van der Waals surface area contributed by atoms with Crippen molar-refractivity contribution in [1.29, 1.82) is 0 Å². The highest BCUT2D eigenvalue weighted by atomic mass is 35.5. The third kappa shape index (κ3) is 4.46. The van der Waals surface area contributed by atoms with Crippen molar-refractivity contribution in [1.82, 2.24) is 14.5 Å². The van der Waals surface area contributed by atoms with Crippen molar-refractivity contribution < 1.29 is 18.7 Å². The molecule has 3 aromatic heterocycles. The van der Waals surface area contributed by atoms with Gasteiger partial charge in [0.25, 0.3) is 11.7 Å². The van der Waals surface area contributed by atoms with Gasteiger partial charge >= 0.3 is 6.01 Å². The summed E-state index contributed by atoms with van der Waals surface area (Å²) < 4.78 is 12.7. The number of oxazole rings is 1. The molecule has 0 bridgehead atoms. The summed E-state index contributed by atoms with van der Waals surface area (Å²) in [4.78, 5) is 34.7. The van der Waals surface area contributed by atoms with Crippen LogP contribution in [0.1, 0.15) is 21.6 Å². The molecular weight excluding hydrogens is 480 g/mol. The van der Waals surface area contributed by atoms with Crippen molar-refractivity contribution in [3.8, 4) is 17.0 Å². The zero-order valence-corrected chi connectivity index (χ0v) is 20.2. The van der Waals surface area contributed by atoms with Crippen LogP contribution in [0, 0.1) is 6.92 Å². The van der Waals surface area contributed by atoms with Crippen molar-refractivity contribution >= 4 is 40.2 Å². The number of nitrogens with zero attached hydrogens (tertiary/aromatic N) is 3. The number of carbonyl (C=O) groups excluding carboxylic acids is 2. The van der Waals surface area contributed by atoms with Gasteiger partial charge in [0.2, 0.25) is 0 Å². The lowest BCUT2D eigenvalue weighted by molar-refractivity contribution is -0.112. The van der Waals surface area contributed by atoms with Gasteiger partial charge < -0.3 is 13.7 Å². The number of benzene rings is 2. The molecule has 2 aromatic carbocycles. The van der Waals surface area contributed by atoms with E-state index < -0.39 is 11.7 Å². The standard InChI is InChI=1S/C27H21ClN4O4/c1-16-24(25(33)26(34)31-27-30-22(15-36-27)18-4-3-11-29-13-18)21-12-20(35-2)9-10-23(21)32(16)14-17-5-7-19(28)8-6-17/h3-13,15H,14H2,1-2H3,(H,30,31,34). The summed E-state index contributed by atoms with van der Waals surface area (Å²) in [7, 11) is 1.55. The Morgan fingerprint density at radius 2 is 1.94 bits per heavy atom. The van der Waals surface area contributed by atoms with Crippen LogP contribution in [-0.2, 0) is 11.3 Å². The number of Topliss-reactive ketones (excluding diaryl/α,β-unsaturated/α-hetero) is 1. The Labute approximate surface area is 211 Å². The lowest BCUT2D eigenvalue weighted by atomic mass is 10.1. The Hall–Kier alpha value is -4.43. The molecule has 36 heavy (non-hydrogen) atoms. The normalized spacial score (nSPS) is 11.0. The molecule has 0 radical (unpaired) electrons. The van der Waals surface area contributed by atoms with E-state index in [2.05, 4.69) is 15.3 Å². The molecule has 1 amide bonds. The highest BCUT2D eigenvalue weighted by Gasteiger charge is 2.27. The van der Waals surface area contributed by atoms with Crippen LogP contribution in [0.3, 0.4) is 0 Å². The fraction of sp³-hybridized carbons (Fsp3) is 0.111. The monoisotopic (exact) mass is 500 g/mol. The molecule has 5 rings (SSSR count). The number of methoxy groups -OCH3 is 1. The largest absolute Gasteiger partial charge is 0.497 e. The molecular formula is C27H21ClN4O4. The molecule has 0 fully saturated rings. The number of ether oxygens (including phenoxy) is 1. The van der Waals surface area contributed by atoms with Gasteiger partial charge in [0.05, 0.1) is 12.7 Å². The summed E-state index contributed by atoms with van der Waals surface area (Å²) in [5.41, 5.74) is 3.95. The second kappa shape index (κ2) is 9.67. The molecule has 5 aromatic rings. The van der Waals surface area contributed by atoms with Crippen molar-refractivity contribution in [3.05, 3.63) is 95.1 Å². The number of hydrogen-bond donors (Lipinski definition) is 1. The van der Waals surface area contributed by atoms with Crippen LogP contribution in [0.25, 0.3) is 22.2 Å². The molecule has 8 nitrogen and oxygen atoms in total. The van der Waals surface area contributed by atoms with Crippen LogP contribution in [0.5, 0.6) is 5.75 Å². The lowest BCUT2D eigenvalue weighted by Gasteiger charge is -2.09. The van der Waals surface area contributed by atoms with Crippen molar-refractivity contribution in [2.75, 3.05) is 12.4 Å². The number of carbonyl (C=O) groups is 2. The third-order valence-corrected chi connectivity index (χ3v) is 6.15. The van der Waals surface area contributed by atoms with Crippen LogP contribution in [-0.4, -0.2) is 33.3 Å². The number of fused-ring (bicyclic) bond motifs is 1. The maximum atomic E-state index is 13.4. The summed E-state index contributed by atoms with van der Waals surface area (Å²) in [6, 6.07) is 16.4. The molecule has 0 saturated heterocycles. The van der Waals surface area contributed by atoms with Crippen LogP contribution in [0.15, 0.2) is 77.7 Å². The van der Waals surface area contributed by atoms with E-state index in [1.54, 1.807) is 31.6 Å². The summed E-state index contributed by atoms with van der Waals surface area (Å²) in [5.74, 6) is -0.984. The van der Waals surface area contributed by atoms with Crippen LogP contribution >= 0.6 is 11.6 Å². The summed E-state index contributed by atoms with van der Waals surface area (Å²) >= 11 is 6.03. The van der Waals surface area contributed by atoms with Crippen LogP contribution in [0.4, 0.5) is 6.01 Å². The van der Waals surface area contributed by atoms with Gasteiger partial charge in [-0.1, -0.05) is 23.7 Å². The number of ketones is 1. The number of nitrogens with one attached hydrogen (secondary N) is 1. The smallest absolute Gasteiger partial charge is 0.302 e. The summed E-state index contributed by atoms with van der Waals surface area (Å²) in [6.07, 6.45) is 4.66. The number of rotatable bonds is 7. The molecule has 0 aliphatic carbocycles. The van der Waals surface area contributed by atoms with E-state index >= 15 is 0 Å². The quantitative estimate of drug-likeness (QED) is 0.233.